The fourth-order valence-corrected chi connectivity index (χ4v) is 5.90. The van der Waals surface area contributed by atoms with Gasteiger partial charge in [-0.15, -0.1) is 0 Å². The van der Waals surface area contributed by atoms with Gasteiger partial charge in [0.2, 0.25) is 5.76 Å². The number of benzene rings is 1. The Morgan fingerprint density at radius 1 is 1.02 bits per heavy atom. The summed E-state index contributed by atoms with van der Waals surface area (Å²) in [6.45, 7) is 2.23. The lowest BCUT2D eigenvalue weighted by Crippen LogP contribution is -2.54. The van der Waals surface area contributed by atoms with Gasteiger partial charge in [0.25, 0.3) is 11.8 Å². The number of hydrogen-bond donors (Lipinski definition) is 4. The summed E-state index contributed by atoms with van der Waals surface area (Å²) in [6, 6.07) is 10.7. The second kappa shape index (κ2) is 19.4. The summed E-state index contributed by atoms with van der Waals surface area (Å²) in [6.07, 6.45) is -4.68. The summed E-state index contributed by atoms with van der Waals surface area (Å²) in [4.78, 5) is 50.0. The van der Waals surface area contributed by atoms with Crippen LogP contribution >= 0.6 is 0 Å². The first kappa shape index (κ1) is 44.2. The molecule has 3 heterocycles. The number of ether oxygens (including phenoxy) is 3. The summed E-state index contributed by atoms with van der Waals surface area (Å²) >= 11 is 0. The molecule has 22 heteroatoms. The van der Waals surface area contributed by atoms with Crippen LogP contribution in [-0.4, -0.2) is 130 Å². The molecule has 55 heavy (non-hydrogen) atoms. The number of carbonyl (C=O) groups excluding carboxylic acids is 2. The number of carboxylic acid groups (broad SMARTS) is 2. The van der Waals surface area contributed by atoms with Crippen LogP contribution in [0.15, 0.2) is 47.2 Å². The van der Waals surface area contributed by atoms with E-state index in [1.54, 1.807) is 13.4 Å². The zero-order valence-electron chi connectivity index (χ0n) is 29.4. The number of carbonyl (C=O) groups is 4. The molecule has 5 rings (SSSR count). The van der Waals surface area contributed by atoms with Crippen molar-refractivity contribution >= 4 is 23.8 Å². The second-order valence-corrected chi connectivity index (χ2v) is 12.1. The quantitative estimate of drug-likeness (QED) is 0.169. The number of rotatable bonds is 10. The molecule has 0 radical (unpaired) electrons. The van der Waals surface area contributed by atoms with E-state index in [0.717, 1.165) is 24.8 Å². The summed E-state index contributed by atoms with van der Waals surface area (Å²) in [7, 11) is 2.85. The second-order valence-electron chi connectivity index (χ2n) is 12.1. The fraction of sp³-hybridized carbons (Fsp3) is 0.515. The minimum atomic E-state index is -5.08. The van der Waals surface area contributed by atoms with E-state index in [1.807, 2.05) is 39.8 Å². The molecule has 16 nitrogen and oxygen atoms in total. The maximum absolute atomic E-state index is 14.1. The lowest BCUT2D eigenvalue weighted by atomic mass is 9.80. The molecule has 3 atom stereocenters. The van der Waals surface area contributed by atoms with Crippen molar-refractivity contribution in [1.29, 1.82) is 0 Å². The molecule has 1 aliphatic heterocycles. The van der Waals surface area contributed by atoms with Crippen LogP contribution in [0.2, 0.25) is 0 Å². The highest BCUT2D eigenvalue weighted by molar-refractivity contribution is 5.98. The maximum atomic E-state index is 14.1. The Bertz CT molecular complexity index is 1710. The predicted molar refractivity (Wildman–Crippen MR) is 175 cm³/mol. The van der Waals surface area contributed by atoms with Crippen LogP contribution < -0.4 is 10.1 Å². The third-order valence-corrected chi connectivity index (χ3v) is 8.40. The molecule has 1 saturated heterocycles. The number of halogens is 6. The Hall–Kier alpha value is -5.22. The molecule has 3 aromatic rings. The molecule has 1 aromatic carbocycles. The zero-order valence-corrected chi connectivity index (χ0v) is 29.4. The van der Waals surface area contributed by atoms with Crippen LogP contribution in [0, 0.1) is 0 Å². The van der Waals surface area contributed by atoms with Crippen LogP contribution in [0.1, 0.15) is 59.2 Å². The molecule has 0 bridgehead atoms. The lowest BCUT2D eigenvalue weighted by molar-refractivity contribution is -0.193. The number of alkyl halides is 6. The Morgan fingerprint density at radius 2 is 1.65 bits per heavy atom. The van der Waals surface area contributed by atoms with Gasteiger partial charge in [-0.1, -0.05) is 43.2 Å². The van der Waals surface area contributed by atoms with Crippen molar-refractivity contribution in [2.24, 2.45) is 0 Å². The zero-order chi connectivity index (χ0) is 41.0. The van der Waals surface area contributed by atoms with E-state index in [0.29, 0.717) is 43.9 Å². The number of aliphatic hydroxyl groups is 1. The summed E-state index contributed by atoms with van der Waals surface area (Å²) < 4.78 is 86.2. The number of amides is 1. The smallest absolute Gasteiger partial charge is 0.475 e. The number of hydrogen-bond acceptors (Lipinski definition) is 12. The van der Waals surface area contributed by atoms with Gasteiger partial charge >= 0.3 is 30.3 Å². The number of carboxylic acids is 2. The van der Waals surface area contributed by atoms with Crippen molar-refractivity contribution in [1.82, 2.24) is 24.9 Å². The van der Waals surface area contributed by atoms with E-state index in [1.165, 1.54) is 13.2 Å². The van der Waals surface area contributed by atoms with Gasteiger partial charge in [0.05, 0.1) is 44.5 Å². The van der Waals surface area contributed by atoms with Crippen molar-refractivity contribution in [3.63, 3.8) is 0 Å². The van der Waals surface area contributed by atoms with E-state index in [9.17, 15) is 41.0 Å². The first-order valence-corrected chi connectivity index (χ1v) is 16.5. The van der Waals surface area contributed by atoms with E-state index < -0.39 is 35.9 Å². The fourth-order valence-electron chi connectivity index (χ4n) is 5.90. The number of nitrogens with one attached hydrogen (secondary N) is 1. The summed E-state index contributed by atoms with van der Waals surface area (Å²) in [5.74, 6) is -6.19. The highest BCUT2D eigenvalue weighted by Crippen LogP contribution is 2.41. The van der Waals surface area contributed by atoms with Crippen LogP contribution in [-0.2, 0) is 19.1 Å². The van der Waals surface area contributed by atoms with E-state index in [4.69, 9.17) is 33.8 Å². The molecule has 2 aliphatic rings. The summed E-state index contributed by atoms with van der Waals surface area (Å²) in [5.41, 5.74) is 0.861. The van der Waals surface area contributed by atoms with E-state index >= 15 is 0 Å². The van der Waals surface area contributed by atoms with Crippen LogP contribution in [0.3, 0.4) is 0 Å². The number of aliphatic carboxylic acids is 2. The van der Waals surface area contributed by atoms with Gasteiger partial charge in [-0.05, 0) is 18.0 Å². The molecule has 1 aliphatic carbocycles. The van der Waals surface area contributed by atoms with Crippen molar-refractivity contribution < 1.29 is 79.6 Å². The minimum Gasteiger partial charge on any atom is -0.475 e. The van der Waals surface area contributed by atoms with Gasteiger partial charge in [-0.2, -0.15) is 26.3 Å². The lowest BCUT2D eigenvalue weighted by Gasteiger charge is -2.41. The first-order chi connectivity index (χ1) is 25.8. The Balaban J connectivity index is 0.000000494. The van der Waals surface area contributed by atoms with Crippen molar-refractivity contribution in [2.75, 3.05) is 47.1 Å². The van der Waals surface area contributed by atoms with Gasteiger partial charge in [-0.25, -0.2) is 19.4 Å². The molecule has 2 aromatic heterocycles. The molecule has 0 unspecified atom stereocenters. The molecule has 1 amide bonds. The Kier molecular flexibility index (Phi) is 15.6. The maximum Gasteiger partial charge on any atom is 0.490 e. The molecule has 2 fully saturated rings. The highest BCUT2D eigenvalue weighted by atomic mass is 19.4. The molecule has 0 spiro atoms. The standard InChI is InChI=1S/C29H37N5O7.2C2HF3O2/c1-38-18-29(37)12-7-6-10-23(29)34-19-31-25(26(34)20-8-4-3-5-9-20)27(35)33-14-13-30-17-21(33)11-15-40-24-16-22(41-32-24)28(36)39-2;2*3-2(4,5)1(6)7/h3-5,8-9,16,19,21,23,30,37H,6-7,10-15,17-18H2,1-2H3;2*(H,6,7)/t21-,23-,29-;;/m1../s1. The van der Waals surface area contributed by atoms with Gasteiger partial charge in [-0.3, -0.25) is 4.79 Å². The summed E-state index contributed by atoms with van der Waals surface area (Å²) in [5, 5.41) is 33.0. The van der Waals surface area contributed by atoms with E-state index in [2.05, 4.69) is 20.2 Å². The highest BCUT2D eigenvalue weighted by Gasteiger charge is 2.43. The first-order valence-electron chi connectivity index (χ1n) is 16.5. The average Bonchev–Trinajstić information content (AvgIpc) is 3.80. The van der Waals surface area contributed by atoms with Crippen molar-refractivity contribution in [3.05, 3.63) is 54.2 Å². The Morgan fingerprint density at radius 3 is 2.24 bits per heavy atom. The number of methoxy groups -OCH3 is 2. The largest absolute Gasteiger partial charge is 0.490 e. The van der Waals surface area contributed by atoms with Crippen LogP contribution in [0.5, 0.6) is 5.88 Å². The number of esters is 1. The number of imidazole rings is 1. The monoisotopic (exact) mass is 795 g/mol. The van der Waals surface area contributed by atoms with Crippen molar-refractivity contribution in [2.45, 2.75) is 62.1 Å². The predicted octanol–water partition coefficient (Wildman–Crippen LogP) is 3.97. The molecule has 304 valence electrons. The van der Waals surface area contributed by atoms with E-state index in [-0.39, 0.29) is 42.8 Å². The number of aromatic nitrogens is 3. The SMILES string of the molecule is COC[C@]1(O)CCCC[C@H]1n1cnc(C(=O)N2CCNC[C@H]2CCOc2cc(C(=O)OC)on2)c1-c1ccccc1.O=C(O)C(F)(F)F.O=C(O)C(F)(F)F. The van der Waals surface area contributed by atoms with Crippen LogP contribution in [0.4, 0.5) is 26.3 Å². The number of piperazine rings is 1. The van der Waals surface area contributed by atoms with Gasteiger partial charge in [0, 0.05) is 44.8 Å². The number of nitrogens with zero attached hydrogens (tertiary/aromatic N) is 4. The van der Waals surface area contributed by atoms with Crippen LogP contribution in [0.25, 0.3) is 11.3 Å². The topological polar surface area (TPSA) is 216 Å². The van der Waals surface area contributed by atoms with Gasteiger partial charge in [0.15, 0.2) is 5.69 Å². The molecular weight excluding hydrogens is 756 g/mol. The normalized spacial score (nSPS) is 19.9. The minimum absolute atomic E-state index is 0.0435. The van der Waals surface area contributed by atoms with Gasteiger partial charge < -0.3 is 48.8 Å². The van der Waals surface area contributed by atoms with Gasteiger partial charge in [0.1, 0.15) is 5.60 Å². The molecular formula is C33H39F6N5O11. The van der Waals surface area contributed by atoms with Crippen molar-refractivity contribution in [3.8, 4) is 17.1 Å². The third-order valence-electron chi connectivity index (χ3n) is 8.40. The molecule has 1 saturated carbocycles. The Labute approximate surface area is 308 Å². The molecule has 4 N–H and O–H groups in total. The third kappa shape index (κ3) is 12.1. The average molecular weight is 796 g/mol.